The molecule has 1 amide bonds. The van der Waals surface area contributed by atoms with Crippen molar-refractivity contribution in [2.75, 3.05) is 0 Å². The maximum atomic E-state index is 11.0. The van der Waals surface area contributed by atoms with Crippen molar-refractivity contribution in [2.24, 2.45) is 5.41 Å². The van der Waals surface area contributed by atoms with Crippen molar-refractivity contribution in [3.63, 3.8) is 0 Å². The first kappa shape index (κ1) is 9.36. The zero-order valence-electron chi connectivity index (χ0n) is 8.39. The van der Waals surface area contributed by atoms with Gasteiger partial charge in [-0.05, 0) is 13.8 Å². The van der Waals surface area contributed by atoms with Crippen LogP contribution in [0.1, 0.15) is 34.6 Å². The first-order chi connectivity index (χ1) is 5.27. The third-order valence-electron chi connectivity index (χ3n) is 2.95. The lowest BCUT2D eigenvalue weighted by molar-refractivity contribution is -0.0334. The molecule has 0 aromatic carbocycles. The highest BCUT2D eigenvalue weighted by Gasteiger charge is 2.50. The minimum absolute atomic E-state index is 0.0361. The number of nitrogens with one attached hydrogen (secondary N) is 1. The number of rotatable bonds is 0. The predicted molar refractivity (Wildman–Crippen MR) is 46.9 cm³/mol. The summed E-state index contributed by atoms with van der Waals surface area (Å²) < 4.78 is 5.28. The van der Waals surface area contributed by atoms with Crippen LogP contribution >= 0.6 is 0 Å². The van der Waals surface area contributed by atoms with Gasteiger partial charge in [0.25, 0.3) is 0 Å². The highest BCUT2D eigenvalue weighted by Crippen LogP contribution is 2.39. The van der Waals surface area contributed by atoms with Gasteiger partial charge in [0.2, 0.25) is 0 Å². The van der Waals surface area contributed by atoms with Crippen LogP contribution < -0.4 is 5.32 Å². The quantitative estimate of drug-likeness (QED) is 0.604. The van der Waals surface area contributed by atoms with E-state index in [1.54, 1.807) is 0 Å². The van der Waals surface area contributed by atoms with Gasteiger partial charge in [0.1, 0.15) is 5.60 Å². The topological polar surface area (TPSA) is 38.3 Å². The Bertz CT molecular complexity index is 207. The highest BCUT2D eigenvalue weighted by atomic mass is 16.6. The van der Waals surface area contributed by atoms with E-state index in [-0.39, 0.29) is 17.6 Å². The van der Waals surface area contributed by atoms with E-state index >= 15 is 0 Å². The molecule has 0 radical (unpaired) electrons. The predicted octanol–water partition coefficient (Wildman–Crippen LogP) is 1.92. The Hall–Kier alpha value is -0.730. The molecule has 0 bridgehead atoms. The van der Waals surface area contributed by atoms with Crippen molar-refractivity contribution in [2.45, 2.75) is 46.3 Å². The minimum atomic E-state index is -0.399. The lowest BCUT2D eigenvalue weighted by Gasteiger charge is -2.38. The molecule has 1 aliphatic heterocycles. The van der Waals surface area contributed by atoms with Crippen molar-refractivity contribution < 1.29 is 9.53 Å². The van der Waals surface area contributed by atoms with Crippen molar-refractivity contribution in [3.8, 4) is 0 Å². The van der Waals surface area contributed by atoms with Crippen LogP contribution in [0.3, 0.4) is 0 Å². The zero-order chi connectivity index (χ0) is 9.57. The Morgan fingerprint density at radius 2 is 2.00 bits per heavy atom. The summed E-state index contributed by atoms with van der Waals surface area (Å²) >= 11 is 0. The third kappa shape index (κ3) is 1.17. The second kappa shape index (κ2) is 2.38. The molecule has 3 nitrogen and oxygen atoms in total. The van der Waals surface area contributed by atoms with Gasteiger partial charge in [-0.2, -0.15) is 0 Å². The van der Waals surface area contributed by atoms with Gasteiger partial charge < -0.3 is 10.1 Å². The molecule has 1 rings (SSSR count). The molecule has 1 N–H and O–H groups in total. The average Bonchev–Trinajstić information content (AvgIpc) is 2.06. The number of ether oxygens (including phenoxy) is 1. The molecule has 1 fully saturated rings. The number of alkyl carbamates (subject to hydrolysis) is 1. The Kier molecular flexibility index (Phi) is 1.85. The Balaban J connectivity index is 2.92. The maximum absolute atomic E-state index is 11.0. The summed E-state index contributed by atoms with van der Waals surface area (Å²) in [4.78, 5) is 11.0. The van der Waals surface area contributed by atoms with E-state index in [0.29, 0.717) is 0 Å². The van der Waals surface area contributed by atoms with Crippen molar-refractivity contribution in [1.82, 2.24) is 5.32 Å². The fourth-order valence-corrected chi connectivity index (χ4v) is 1.43. The Labute approximate surface area is 73.5 Å². The maximum Gasteiger partial charge on any atom is 0.408 e. The largest absolute Gasteiger partial charge is 0.440 e. The summed E-state index contributed by atoms with van der Waals surface area (Å²) in [5, 5.41) is 2.75. The van der Waals surface area contributed by atoms with Crippen molar-refractivity contribution in [1.29, 1.82) is 0 Å². The summed E-state index contributed by atoms with van der Waals surface area (Å²) in [6, 6.07) is 0.0741. The van der Waals surface area contributed by atoms with Crippen LogP contribution in [-0.2, 0) is 4.74 Å². The van der Waals surface area contributed by atoms with E-state index in [4.69, 9.17) is 4.74 Å². The Morgan fingerprint density at radius 3 is 2.17 bits per heavy atom. The van der Waals surface area contributed by atoms with Crippen molar-refractivity contribution >= 4 is 6.09 Å². The van der Waals surface area contributed by atoms with Crippen LogP contribution in [0.15, 0.2) is 0 Å². The SMILES string of the molecule is CC1NC(=O)OC1(C)C(C)(C)C. The molecule has 12 heavy (non-hydrogen) atoms. The van der Waals surface area contributed by atoms with E-state index in [1.807, 2.05) is 13.8 Å². The third-order valence-corrected chi connectivity index (χ3v) is 2.95. The van der Waals surface area contributed by atoms with Gasteiger partial charge in [0.05, 0.1) is 6.04 Å². The van der Waals surface area contributed by atoms with Gasteiger partial charge in [-0.1, -0.05) is 20.8 Å². The van der Waals surface area contributed by atoms with Crippen molar-refractivity contribution in [3.05, 3.63) is 0 Å². The summed E-state index contributed by atoms with van der Waals surface area (Å²) in [6.07, 6.45) is -0.306. The molecule has 0 aromatic heterocycles. The summed E-state index contributed by atoms with van der Waals surface area (Å²) in [5.74, 6) is 0. The number of carbonyl (C=O) groups excluding carboxylic acids is 1. The highest BCUT2D eigenvalue weighted by molar-refractivity contribution is 5.71. The standard InChI is InChI=1S/C9H17NO2/c1-6-9(5,8(2,3)4)12-7(11)10-6/h6H,1-5H3,(H,10,11). The molecule has 0 spiro atoms. The normalized spacial score (nSPS) is 36.1. The van der Waals surface area contributed by atoms with E-state index in [0.717, 1.165) is 0 Å². The van der Waals surface area contributed by atoms with E-state index in [2.05, 4.69) is 26.1 Å². The number of cyclic esters (lactones) is 1. The van der Waals surface area contributed by atoms with Gasteiger partial charge >= 0.3 is 6.09 Å². The smallest absolute Gasteiger partial charge is 0.408 e. The molecule has 1 aliphatic rings. The van der Waals surface area contributed by atoms with E-state index < -0.39 is 5.60 Å². The number of hydrogen-bond acceptors (Lipinski definition) is 2. The van der Waals surface area contributed by atoms with Gasteiger partial charge in [-0.25, -0.2) is 4.79 Å². The van der Waals surface area contributed by atoms with Crippen LogP contribution in [0.5, 0.6) is 0 Å². The molecule has 0 saturated carbocycles. The number of amides is 1. The van der Waals surface area contributed by atoms with Gasteiger partial charge in [0.15, 0.2) is 0 Å². The average molecular weight is 171 g/mol. The molecule has 3 heteroatoms. The molecular formula is C9H17NO2. The van der Waals surface area contributed by atoms with Gasteiger partial charge in [0, 0.05) is 5.41 Å². The number of carbonyl (C=O) groups is 1. The first-order valence-electron chi connectivity index (χ1n) is 4.27. The lowest BCUT2D eigenvalue weighted by Crippen LogP contribution is -2.49. The van der Waals surface area contributed by atoms with E-state index in [1.165, 1.54) is 0 Å². The molecular weight excluding hydrogens is 154 g/mol. The molecule has 0 aromatic rings. The first-order valence-corrected chi connectivity index (χ1v) is 4.27. The molecule has 1 heterocycles. The lowest BCUT2D eigenvalue weighted by atomic mass is 9.74. The van der Waals surface area contributed by atoms with Gasteiger partial charge in [-0.15, -0.1) is 0 Å². The van der Waals surface area contributed by atoms with Crippen LogP contribution in [0.25, 0.3) is 0 Å². The Morgan fingerprint density at radius 1 is 1.50 bits per heavy atom. The second-order valence-electron chi connectivity index (χ2n) is 4.61. The van der Waals surface area contributed by atoms with E-state index in [9.17, 15) is 4.79 Å². The zero-order valence-corrected chi connectivity index (χ0v) is 8.39. The molecule has 0 aliphatic carbocycles. The minimum Gasteiger partial charge on any atom is -0.440 e. The fraction of sp³-hybridized carbons (Fsp3) is 0.889. The van der Waals surface area contributed by atoms with Crippen LogP contribution in [0, 0.1) is 5.41 Å². The second-order valence-corrected chi connectivity index (χ2v) is 4.61. The van der Waals surface area contributed by atoms with Crippen LogP contribution in [0.2, 0.25) is 0 Å². The summed E-state index contributed by atoms with van der Waals surface area (Å²) in [5.41, 5.74) is -0.435. The summed E-state index contributed by atoms with van der Waals surface area (Å²) in [7, 11) is 0. The number of hydrogen-bond donors (Lipinski definition) is 1. The van der Waals surface area contributed by atoms with Crippen LogP contribution in [0.4, 0.5) is 4.79 Å². The van der Waals surface area contributed by atoms with Gasteiger partial charge in [-0.3, -0.25) is 0 Å². The molecule has 2 atom stereocenters. The fourth-order valence-electron chi connectivity index (χ4n) is 1.43. The monoisotopic (exact) mass is 171 g/mol. The molecule has 70 valence electrons. The summed E-state index contributed by atoms with van der Waals surface area (Å²) in [6.45, 7) is 10.2. The molecule has 2 unspecified atom stereocenters. The molecule has 1 saturated heterocycles. The van der Waals surface area contributed by atoms with Crippen LogP contribution in [-0.4, -0.2) is 17.7 Å².